The van der Waals surface area contributed by atoms with Gasteiger partial charge in [-0.15, -0.1) is 11.3 Å². The van der Waals surface area contributed by atoms with Crippen LogP contribution in [0.2, 0.25) is 0 Å². The zero-order chi connectivity index (χ0) is 22.8. The summed E-state index contributed by atoms with van der Waals surface area (Å²) in [5.74, 6) is 2.20. The smallest absolute Gasteiger partial charge is 0.265 e. The highest BCUT2D eigenvalue weighted by Crippen LogP contribution is 2.42. The highest BCUT2D eigenvalue weighted by atomic mass is 32.1. The van der Waals surface area contributed by atoms with E-state index in [0.29, 0.717) is 10.8 Å². The number of carbonyl (C=O) groups is 1. The monoisotopic (exact) mass is 460 g/mol. The minimum Gasteiger partial charge on any atom is -0.497 e. The van der Waals surface area contributed by atoms with Crippen LogP contribution in [0.25, 0.3) is 11.0 Å². The molecule has 4 aromatic rings. The first-order valence-corrected chi connectivity index (χ1v) is 12.3. The topological polar surface area (TPSA) is 54.7 Å². The zero-order valence-electron chi connectivity index (χ0n) is 18.9. The van der Waals surface area contributed by atoms with Crippen LogP contribution in [0.1, 0.15) is 46.8 Å². The molecule has 2 aromatic heterocycles. The van der Waals surface area contributed by atoms with Gasteiger partial charge in [-0.2, -0.15) is 0 Å². The maximum absolute atomic E-state index is 13.1. The van der Waals surface area contributed by atoms with Gasteiger partial charge in [-0.1, -0.05) is 37.3 Å². The molecule has 33 heavy (non-hydrogen) atoms. The number of piperidine rings is 1. The lowest BCUT2D eigenvalue weighted by molar-refractivity contribution is 0.102. The summed E-state index contributed by atoms with van der Waals surface area (Å²) in [6, 6.07) is 19.7. The number of thiophene rings is 1. The molecule has 1 saturated heterocycles. The third-order valence-electron chi connectivity index (χ3n) is 6.47. The maximum atomic E-state index is 13.1. The summed E-state index contributed by atoms with van der Waals surface area (Å²) in [5.41, 5.74) is 2.65. The number of fused-ring (bicyclic) bond motifs is 1. The Balaban J connectivity index is 1.62. The van der Waals surface area contributed by atoms with Crippen molar-refractivity contribution in [2.45, 2.75) is 25.8 Å². The molecule has 0 spiro atoms. The van der Waals surface area contributed by atoms with Crippen molar-refractivity contribution in [2.75, 3.05) is 25.5 Å². The fourth-order valence-electron chi connectivity index (χ4n) is 4.57. The number of ether oxygens (including phenoxy) is 1. The van der Waals surface area contributed by atoms with E-state index < -0.39 is 0 Å². The summed E-state index contributed by atoms with van der Waals surface area (Å²) in [5, 5.41) is 6.02. The van der Waals surface area contributed by atoms with E-state index >= 15 is 0 Å². The Morgan fingerprint density at radius 2 is 1.85 bits per heavy atom. The third-order valence-corrected chi connectivity index (χ3v) is 7.34. The van der Waals surface area contributed by atoms with Gasteiger partial charge in [-0.25, -0.2) is 0 Å². The number of nitrogens with zero attached hydrogens (tertiary/aromatic N) is 1. The molecule has 5 nitrogen and oxygen atoms in total. The Kier molecular flexibility index (Phi) is 6.20. The first-order chi connectivity index (χ1) is 16.1. The van der Waals surface area contributed by atoms with Gasteiger partial charge >= 0.3 is 0 Å². The van der Waals surface area contributed by atoms with E-state index in [4.69, 9.17) is 9.15 Å². The van der Waals surface area contributed by atoms with Crippen molar-refractivity contribution < 1.29 is 13.9 Å². The van der Waals surface area contributed by atoms with Crippen LogP contribution in [0.3, 0.4) is 0 Å². The zero-order valence-corrected chi connectivity index (χ0v) is 19.7. The second-order valence-corrected chi connectivity index (χ2v) is 9.61. The molecule has 2 aromatic carbocycles. The van der Waals surface area contributed by atoms with Gasteiger partial charge in [-0.05, 0) is 73.1 Å². The van der Waals surface area contributed by atoms with Gasteiger partial charge in [0.25, 0.3) is 5.91 Å². The molecular formula is C27H28N2O3S. The van der Waals surface area contributed by atoms with Crippen LogP contribution in [0, 0.1) is 5.92 Å². The largest absolute Gasteiger partial charge is 0.497 e. The minimum absolute atomic E-state index is 0.102. The molecule has 1 N–H and O–H groups in total. The van der Waals surface area contributed by atoms with Crippen LogP contribution in [-0.2, 0) is 0 Å². The SMILES string of the molecule is COc1ccc([C@H](c2oc3ccccc3c2NC(=O)c2cccs2)N2CCC(C)CC2)cc1. The molecule has 0 radical (unpaired) electrons. The molecule has 1 atom stereocenters. The van der Waals surface area contributed by atoms with Crippen molar-refractivity contribution in [1.29, 1.82) is 0 Å². The number of likely N-dealkylation sites (tertiary alicyclic amines) is 1. The molecule has 0 aliphatic carbocycles. The predicted octanol–water partition coefficient (Wildman–Crippen LogP) is 6.58. The lowest BCUT2D eigenvalue weighted by Gasteiger charge is -2.36. The van der Waals surface area contributed by atoms with E-state index in [1.54, 1.807) is 7.11 Å². The highest BCUT2D eigenvalue weighted by molar-refractivity contribution is 7.12. The van der Waals surface area contributed by atoms with E-state index in [9.17, 15) is 4.79 Å². The summed E-state index contributed by atoms with van der Waals surface area (Å²) >= 11 is 1.43. The van der Waals surface area contributed by atoms with Gasteiger partial charge < -0.3 is 14.5 Å². The normalized spacial score (nSPS) is 16.1. The van der Waals surface area contributed by atoms with E-state index in [1.165, 1.54) is 11.3 Å². The Labute approximate surface area is 198 Å². The van der Waals surface area contributed by atoms with Crippen molar-refractivity contribution in [3.05, 3.63) is 82.2 Å². The minimum atomic E-state index is -0.112. The average molecular weight is 461 g/mol. The molecule has 0 bridgehead atoms. The first kappa shape index (κ1) is 21.7. The van der Waals surface area contributed by atoms with E-state index in [2.05, 4.69) is 29.3 Å². The number of methoxy groups -OCH3 is 1. The molecule has 5 rings (SSSR count). The number of furan rings is 1. The van der Waals surface area contributed by atoms with Crippen molar-refractivity contribution in [1.82, 2.24) is 4.90 Å². The average Bonchev–Trinajstić information content (AvgIpc) is 3.50. The number of nitrogens with one attached hydrogen (secondary N) is 1. The fraction of sp³-hybridized carbons (Fsp3) is 0.296. The Bertz CT molecular complexity index is 1220. The van der Waals surface area contributed by atoms with Crippen LogP contribution in [0.4, 0.5) is 5.69 Å². The molecule has 1 aliphatic heterocycles. The van der Waals surface area contributed by atoms with Crippen LogP contribution >= 0.6 is 11.3 Å². The number of amides is 1. The van der Waals surface area contributed by atoms with Gasteiger partial charge in [-0.3, -0.25) is 9.69 Å². The van der Waals surface area contributed by atoms with Crippen LogP contribution in [0.15, 0.2) is 70.5 Å². The van der Waals surface area contributed by atoms with Crippen LogP contribution in [0.5, 0.6) is 5.75 Å². The molecule has 0 saturated carbocycles. The second kappa shape index (κ2) is 9.41. The van der Waals surface area contributed by atoms with Crippen molar-refractivity contribution in [3.63, 3.8) is 0 Å². The second-order valence-electron chi connectivity index (χ2n) is 8.66. The molecule has 1 aliphatic rings. The van der Waals surface area contributed by atoms with Crippen LogP contribution < -0.4 is 10.1 Å². The molecule has 1 fully saturated rings. The van der Waals surface area contributed by atoms with Gasteiger partial charge in [0.05, 0.1) is 23.7 Å². The quantitative estimate of drug-likeness (QED) is 0.353. The first-order valence-electron chi connectivity index (χ1n) is 11.4. The van der Waals surface area contributed by atoms with E-state index in [-0.39, 0.29) is 11.9 Å². The standard InChI is InChI=1S/C27H28N2O3S/c1-18-13-15-29(16-14-18)25(19-9-11-20(31-2)12-10-19)26-24(21-6-3-4-7-22(21)32-26)28-27(30)23-8-5-17-33-23/h3-12,17-18,25H,13-16H2,1-2H3,(H,28,30)/t25-/m1/s1. The lowest BCUT2D eigenvalue weighted by atomic mass is 9.94. The number of benzene rings is 2. The third kappa shape index (κ3) is 4.41. The summed E-state index contributed by atoms with van der Waals surface area (Å²) in [7, 11) is 1.68. The number of hydrogen-bond donors (Lipinski definition) is 1. The Morgan fingerprint density at radius 1 is 1.09 bits per heavy atom. The Morgan fingerprint density at radius 3 is 2.55 bits per heavy atom. The Hall–Kier alpha value is -3.09. The fourth-order valence-corrected chi connectivity index (χ4v) is 5.19. The van der Waals surface area contributed by atoms with Gasteiger partial charge in [0.2, 0.25) is 0 Å². The molecule has 0 unspecified atom stereocenters. The van der Waals surface area contributed by atoms with Crippen molar-refractivity contribution in [2.24, 2.45) is 5.92 Å². The van der Waals surface area contributed by atoms with Crippen LogP contribution in [-0.4, -0.2) is 31.0 Å². The van der Waals surface area contributed by atoms with E-state index in [0.717, 1.165) is 59.7 Å². The molecule has 170 valence electrons. The molecule has 1 amide bonds. The number of para-hydroxylation sites is 1. The number of hydrogen-bond acceptors (Lipinski definition) is 5. The summed E-state index contributed by atoms with van der Waals surface area (Å²) in [6.45, 7) is 4.27. The molecule has 3 heterocycles. The van der Waals surface area contributed by atoms with Gasteiger partial charge in [0.15, 0.2) is 0 Å². The highest BCUT2D eigenvalue weighted by Gasteiger charge is 2.32. The number of rotatable bonds is 6. The number of carbonyl (C=O) groups excluding carboxylic acids is 1. The van der Waals surface area contributed by atoms with Gasteiger partial charge in [0.1, 0.15) is 17.1 Å². The predicted molar refractivity (Wildman–Crippen MR) is 133 cm³/mol. The summed E-state index contributed by atoms with van der Waals surface area (Å²) in [6.07, 6.45) is 2.29. The summed E-state index contributed by atoms with van der Waals surface area (Å²) < 4.78 is 11.9. The number of anilines is 1. The maximum Gasteiger partial charge on any atom is 0.265 e. The summed E-state index contributed by atoms with van der Waals surface area (Å²) in [4.78, 5) is 16.2. The van der Waals surface area contributed by atoms with Crippen molar-refractivity contribution >= 4 is 33.9 Å². The molecule has 6 heteroatoms. The lowest BCUT2D eigenvalue weighted by Crippen LogP contribution is -2.37. The van der Waals surface area contributed by atoms with E-state index in [1.807, 2.05) is 53.9 Å². The van der Waals surface area contributed by atoms with Gasteiger partial charge in [0, 0.05) is 5.39 Å². The van der Waals surface area contributed by atoms with Crippen molar-refractivity contribution in [3.8, 4) is 5.75 Å². The molecular weight excluding hydrogens is 432 g/mol.